The Hall–Kier alpha value is -1.64. The molecule has 0 aromatic heterocycles. The van der Waals surface area contributed by atoms with Gasteiger partial charge in [0.15, 0.2) is 0 Å². The van der Waals surface area contributed by atoms with Crippen LogP contribution in [0.4, 0.5) is 0 Å². The molecular formula is C14H19NO2. The van der Waals surface area contributed by atoms with Crippen molar-refractivity contribution in [1.29, 1.82) is 0 Å². The van der Waals surface area contributed by atoms with E-state index >= 15 is 0 Å². The van der Waals surface area contributed by atoms with E-state index in [1.807, 2.05) is 30.3 Å². The Morgan fingerprint density at radius 3 is 2.35 bits per heavy atom. The van der Waals surface area contributed by atoms with Crippen LogP contribution in [0.5, 0.6) is 0 Å². The quantitative estimate of drug-likeness (QED) is 0.735. The second kappa shape index (κ2) is 7.60. The summed E-state index contributed by atoms with van der Waals surface area (Å²) < 4.78 is 0. The van der Waals surface area contributed by atoms with Gasteiger partial charge in [-0.1, -0.05) is 30.3 Å². The van der Waals surface area contributed by atoms with Gasteiger partial charge in [0, 0.05) is 19.4 Å². The van der Waals surface area contributed by atoms with Crippen LogP contribution in [-0.2, 0) is 16.1 Å². The number of rotatable bonds is 7. The summed E-state index contributed by atoms with van der Waals surface area (Å²) in [5.74, 6) is 0.243. The summed E-state index contributed by atoms with van der Waals surface area (Å²) in [6.07, 6.45) is 2.65. The fraction of sp³-hybridized carbons (Fsp3) is 0.429. The standard InChI is InChI=1S/C14H19NO2/c1-12(16)7-5-6-10-14(17)15-11-13-8-3-2-4-9-13/h2-4,8-9H,5-7,10-11H2,1H3,(H,15,17). The van der Waals surface area contributed by atoms with E-state index in [0.717, 1.165) is 18.4 Å². The normalized spacial score (nSPS) is 9.94. The first-order valence-electron chi connectivity index (χ1n) is 5.98. The van der Waals surface area contributed by atoms with Crippen molar-refractivity contribution < 1.29 is 9.59 Å². The number of unbranched alkanes of at least 4 members (excludes halogenated alkanes) is 1. The van der Waals surface area contributed by atoms with Gasteiger partial charge < -0.3 is 10.1 Å². The van der Waals surface area contributed by atoms with Crippen LogP contribution in [0.15, 0.2) is 30.3 Å². The third-order valence-corrected chi connectivity index (χ3v) is 2.52. The average Bonchev–Trinajstić information content (AvgIpc) is 2.33. The topological polar surface area (TPSA) is 46.2 Å². The van der Waals surface area contributed by atoms with Crippen LogP contribution in [0.1, 0.15) is 38.2 Å². The Balaban J connectivity index is 2.11. The molecule has 1 rings (SSSR count). The van der Waals surface area contributed by atoms with E-state index in [0.29, 0.717) is 19.4 Å². The molecule has 0 heterocycles. The zero-order valence-electron chi connectivity index (χ0n) is 10.2. The van der Waals surface area contributed by atoms with Crippen LogP contribution in [0.25, 0.3) is 0 Å². The van der Waals surface area contributed by atoms with Crippen molar-refractivity contribution in [2.45, 2.75) is 39.2 Å². The van der Waals surface area contributed by atoms with Crippen LogP contribution in [0.2, 0.25) is 0 Å². The minimum absolute atomic E-state index is 0.0532. The maximum Gasteiger partial charge on any atom is 0.220 e. The highest BCUT2D eigenvalue weighted by atomic mass is 16.1. The molecular weight excluding hydrogens is 214 g/mol. The van der Waals surface area contributed by atoms with E-state index in [2.05, 4.69) is 5.32 Å². The van der Waals surface area contributed by atoms with Gasteiger partial charge in [-0.15, -0.1) is 0 Å². The Morgan fingerprint density at radius 1 is 1.06 bits per heavy atom. The number of carbonyl (C=O) groups is 2. The average molecular weight is 233 g/mol. The first kappa shape index (κ1) is 13.4. The molecule has 0 unspecified atom stereocenters. The molecule has 0 spiro atoms. The first-order chi connectivity index (χ1) is 8.18. The Bertz CT molecular complexity index is 360. The maximum absolute atomic E-state index is 11.5. The highest BCUT2D eigenvalue weighted by Gasteiger charge is 2.01. The number of carbonyl (C=O) groups excluding carboxylic acids is 2. The lowest BCUT2D eigenvalue weighted by atomic mass is 10.1. The largest absolute Gasteiger partial charge is 0.352 e. The van der Waals surface area contributed by atoms with E-state index in [1.165, 1.54) is 0 Å². The van der Waals surface area contributed by atoms with Gasteiger partial charge in [-0.25, -0.2) is 0 Å². The van der Waals surface area contributed by atoms with Gasteiger partial charge in [-0.3, -0.25) is 4.79 Å². The summed E-state index contributed by atoms with van der Waals surface area (Å²) >= 11 is 0. The minimum Gasteiger partial charge on any atom is -0.352 e. The molecule has 1 aromatic carbocycles. The third-order valence-electron chi connectivity index (χ3n) is 2.52. The molecule has 17 heavy (non-hydrogen) atoms. The van der Waals surface area contributed by atoms with Crippen molar-refractivity contribution in [2.75, 3.05) is 0 Å². The van der Waals surface area contributed by atoms with Crippen LogP contribution in [0, 0.1) is 0 Å². The predicted octanol–water partition coefficient (Wildman–Crippen LogP) is 2.45. The fourth-order valence-electron chi connectivity index (χ4n) is 1.54. The summed E-state index contributed by atoms with van der Waals surface area (Å²) in [7, 11) is 0. The Labute approximate surface area is 102 Å². The molecule has 1 amide bonds. The molecule has 0 aliphatic heterocycles. The van der Waals surface area contributed by atoms with Crippen molar-refractivity contribution in [3.05, 3.63) is 35.9 Å². The van der Waals surface area contributed by atoms with E-state index in [1.54, 1.807) is 6.92 Å². The predicted molar refractivity (Wildman–Crippen MR) is 67.4 cm³/mol. The molecule has 0 aliphatic carbocycles. The molecule has 92 valence electrons. The molecule has 0 fully saturated rings. The molecule has 0 atom stereocenters. The fourth-order valence-corrected chi connectivity index (χ4v) is 1.54. The Kier molecular flexibility index (Phi) is 6.00. The lowest BCUT2D eigenvalue weighted by Crippen LogP contribution is -2.22. The highest BCUT2D eigenvalue weighted by Crippen LogP contribution is 2.01. The third kappa shape index (κ3) is 6.51. The lowest BCUT2D eigenvalue weighted by molar-refractivity contribution is -0.122. The van der Waals surface area contributed by atoms with Gasteiger partial charge in [0.25, 0.3) is 0 Å². The van der Waals surface area contributed by atoms with Crippen LogP contribution in [-0.4, -0.2) is 11.7 Å². The zero-order chi connectivity index (χ0) is 12.5. The van der Waals surface area contributed by atoms with E-state index < -0.39 is 0 Å². The van der Waals surface area contributed by atoms with Crippen molar-refractivity contribution in [3.8, 4) is 0 Å². The number of Topliss-reactive ketones (excluding diaryl/α,β-unsaturated/α-hetero) is 1. The number of benzene rings is 1. The summed E-state index contributed by atoms with van der Waals surface area (Å²) in [6.45, 7) is 2.15. The number of hydrogen-bond donors (Lipinski definition) is 1. The summed E-state index contributed by atoms with van der Waals surface area (Å²) in [5, 5.41) is 2.86. The molecule has 3 heteroatoms. The van der Waals surface area contributed by atoms with E-state index in [-0.39, 0.29) is 11.7 Å². The van der Waals surface area contributed by atoms with Gasteiger partial charge in [-0.2, -0.15) is 0 Å². The molecule has 0 aliphatic rings. The van der Waals surface area contributed by atoms with Gasteiger partial charge >= 0.3 is 0 Å². The minimum atomic E-state index is 0.0532. The van der Waals surface area contributed by atoms with Gasteiger partial charge in [0.1, 0.15) is 5.78 Å². The summed E-state index contributed by atoms with van der Waals surface area (Å²) in [5.41, 5.74) is 1.10. The number of ketones is 1. The first-order valence-corrected chi connectivity index (χ1v) is 5.98. The number of amides is 1. The lowest BCUT2D eigenvalue weighted by Gasteiger charge is -2.04. The van der Waals surface area contributed by atoms with Crippen LogP contribution >= 0.6 is 0 Å². The molecule has 3 nitrogen and oxygen atoms in total. The smallest absolute Gasteiger partial charge is 0.220 e. The van der Waals surface area contributed by atoms with Gasteiger partial charge in [-0.05, 0) is 25.3 Å². The van der Waals surface area contributed by atoms with Gasteiger partial charge in [0.2, 0.25) is 5.91 Å². The van der Waals surface area contributed by atoms with Crippen molar-refractivity contribution in [1.82, 2.24) is 5.32 Å². The second-order valence-corrected chi connectivity index (χ2v) is 4.17. The second-order valence-electron chi connectivity index (χ2n) is 4.17. The monoisotopic (exact) mass is 233 g/mol. The van der Waals surface area contributed by atoms with E-state index in [4.69, 9.17) is 0 Å². The van der Waals surface area contributed by atoms with Crippen molar-refractivity contribution in [3.63, 3.8) is 0 Å². The maximum atomic E-state index is 11.5. The molecule has 0 bridgehead atoms. The summed E-state index contributed by atoms with van der Waals surface area (Å²) in [4.78, 5) is 22.2. The molecule has 0 saturated carbocycles. The number of hydrogen-bond acceptors (Lipinski definition) is 2. The van der Waals surface area contributed by atoms with Crippen molar-refractivity contribution >= 4 is 11.7 Å². The molecule has 1 aromatic rings. The zero-order valence-corrected chi connectivity index (χ0v) is 10.2. The number of nitrogens with one attached hydrogen (secondary N) is 1. The van der Waals surface area contributed by atoms with Gasteiger partial charge in [0.05, 0.1) is 0 Å². The van der Waals surface area contributed by atoms with Crippen molar-refractivity contribution in [2.24, 2.45) is 0 Å². The van der Waals surface area contributed by atoms with Crippen LogP contribution in [0.3, 0.4) is 0 Å². The van der Waals surface area contributed by atoms with E-state index in [9.17, 15) is 9.59 Å². The summed E-state index contributed by atoms with van der Waals surface area (Å²) in [6, 6.07) is 9.82. The SMILES string of the molecule is CC(=O)CCCCC(=O)NCc1ccccc1. The van der Waals surface area contributed by atoms with Crippen LogP contribution < -0.4 is 5.32 Å². The molecule has 0 saturated heterocycles. The highest BCUT2D eigenvalue weighted by molar-refractivity contribution is 5.76. The Morgan fingerprint density at radius 2 is 1.71 bits per heavy atom. The molecule has 0 radical (unpaired) electrons. The molecule has 1 N–H and O–H groups in total.